The first-order valence-electron chi connectivity index (χ1n) is 8.95. The molecule has 2 aliphatic rings. The van der Waals surface area contributed by atoms with Crippen LogP contribution < -0.4 is 5.32 Å². The van der Waals surface area contributed by atoms with Gasteiger partial charge in [-0.05, 0) is 56.3 Å². The zero-order valence-corrected chi connectivity index (χ0v) is 13.5. The molecule has 112 valence electrons. The Labute approximate surface area is 120 Å². The molecule has 0 aromatic carbocycles. The fourth-order valence-corrected chi connectivity index (χ4v) is 4.27. The maximum atomic E-state index is 4.01. The molecule has 0 spiro atoms. The van der Waals surface area contributed by atoms with Crippen LogP contribution in [0.5, 0.6) is 0 Å². The summed E-state index contributed by atoms with van der Waals surface area (Å²) in [5, 5.41) is 4.01. The molecule has 2 fully saturated rings. The van der Waals surface area contributed by atoms with Crippen molar-refractivity contribution in [2.24, 2.45) is 17.8 Å². The molecule has 5 unspecified atom stereocenters. The maximum absolute atomic E-state index is 4.01. The lowest BCUT2D eigenvalue weighted by molar-refractivity contribution is 0.210. The molecule has 2 rings (SSSR count). The Hall–Kier alpha value is -0.0400. The van der Waals surface area contributed by atoms with Gasteiger partial charge >= 0.3 is 0 Å². The van der Waals surface area contributed by atoms with E-state index in [9.17, 15) is 0 Å². The van der Waals surface area contributed by atoms with E-state index in [0.29, 0.717) is 0 Å². The molecule has 0 amide bonds. The SMILES string of the molecule is CCCC1CCCC(NC2CCC(C)C(C)C2)CC1. The minimum absolute atomic E-state index is 0.818. The summed E-state index contributed by atoms with van der Waals surface area (Å²) in [6, 6.07) is 1.64. The minimum Gasteiger partial charge on any atom is -0.311 e. The van der Waals surface area contributed by atoms with Gasteiger partial charge in [-0.3, -0.25) is 0 Å². The lowest BCUT2D eigenvalue weighted by Gasteiger charge is -2.35. The highest BCUT2D eigenvalue weighted by Crippen LogP contribution is 2.31. The van der Waals surface area contributed by atoms with Gasteiger partial charge in [0.2, 0.25) is 0 Å². The number of rotatable bonds is 4. The zero-order valence-electron chi connectivity index (χ0n) is 13.5. The molecular formula is C18H35N. The van der Waals surface area contributed by atoms with Crippen LogP contribution in [0.1, 0.15) is 85.0 Å². The molecule has 1 N–H and O–H groups in total. The maximum Gasteiger partial charge on any atom is 0.00723 e. The van der Waals surface area contributed by atoms with E-state index in [1.165, 1.54) is 64.2 Å². The fourth-order valence-electron chi connectivity index (χ4n) is 4.27. The van der Waals surface area contributed by atoms with Gasteiger partial charge in [0.25, 0.3) is 0 Å². The Bertz CT molecular complexity index is 250. The average molecular weight is 265 g/mol. The van der Waals surface area contributed by atoms with E-state index in [2.05, 4.69) is 26.1 Å². The van der Waals surface area contributed by atoms with Crippen molar-refractivity contribution in [3.8, 4) is 0 Å². The summed E-state index contributed by atoms with van der Waals surface area (Å²) >= 11 is 0. The molecule has 1 heteroatoms. The summed E-state index contributed by atoms with van der Waals surface area (Å²) in [7, 11) is 0. The van der Waals surface area contributed by atoms with Crippen molar-refractivity contribution < 1.29 is 0 Å². The molecule has 0 aliphatic heterocycles. The summed E-state index contributed by atoms with van der Waals surface area (Å²) in [6.07, 6.45) is 14.4. The summed E-state index contributed by atoms with van der Waals surface area (Å²) in [6.45, 7) is 7.22. The van der Waals surface area contributed by atoms with Gasteiger partial charge in [-0.1, -0.05) is 46.5 Å². The summed E-state index contributed by atoms with van der Waals surface area (Å²) in [5.74, 6) is 2.90. The quantitative estimate of drug-likeness (QED) is 0.693. The van der Waals surface area contributed by atoms with Crippen molar-refractivity contribution in [1.82, 2.24) is 5.32 Å². The van der Waals surface area contributed by atoms with Crippen molar-refractivity contribution in [2.75, 3.05) is 0 Å². The molecule has 1 nitrogen and oxygen atoms in total. The molecule has 2 saturated carbocycles. The molecule has 0 bridgehead atoms. The van der Waals surface area contributed by atoms with Gasteiger partial charge < -0.3 is 5.32 Å². The average Bonchev–Trinajstić information content (AvgIpc) is 2.60. The second-order valence-corrected chi connectivity index (χ2v) is 7.49. The highest BCUT2D eigenvalue weighted by Gasteiger charge is 2.27. The number of hydrogen-bond acceptors (Lipinski definition) is 1. The van der Waals surface area contributed by atoms with E-state index in [1.54, 1.807) is 0 Å². The van der Waals surface area contributed by atoms with Crippen molar-refractivity contribution >= 4 is 0 Å². The van der Waals surface area contributed by atoms with Crippen LogP contribution in [0, 0.1) is 17.8 Å². The van der Waals surface area contributed by atoms with Crippen molar-refractivity contribution in [2.45, 2.75) is 97.1 Å². The summed E-state index contributed by atoms with van der Waals surface area (Å²) in [5.41, 5.74) is 0. The Kier molecular flexibility index (Phi) is 6.19. The van der Waals surface area contributed by atoms with Gasteiger partial charge in [0.1, 0.15) is 0 Å². The van der Waals surface area contributed by atoms with Gasteiger partial charge in [0.05, 0.1) is 0 Å². The third-order valence-electron chi connectivity index (χ3n) is 5.85. The van der Waals surface area contributed by atoms with Crippen LogP contribution in [0.15, 0.2) is 0 Å². The molecule has 0 aromatic heterocycles. The number of nitrogens with one attached hydrogen (secondary N) is 1. The van der Waals surface area contributed by atoms with E-state index in [0.717, 1.165) is 29.8 Å². The van der Waals surface area contributed by atoms with Crippen LogP contribution in [-0.4, -0.2) is 12.1 Å². The van der Waals surface area contributed by atoms with Gasteiger partial charge in [-0.2, -0.15) is 0 Å². The summed E-state index contributed by atoms with van der Waals surface area (Å²) < 4.78 is 0. The Morgan fingerprint density at radius 2 is 1.63 bits per heavy atom. The second kappa shape index (κ2) is 7.67. The monoisotopic (exact) mass is 265 g/mol. The lowest BCUT2D eigenvalue weighted by Crippen LogP contribution is -2.42. The van der Waals surface area contributed by atoms with E-state index < -0.39 is 0 Å². The molecular weight excluding hydrogens is 230 g/mol. The van der Waals surface area contributed by atoms with Crippen molar-refractivity contribution in [3.63, 3.8) is 0 Å². The standard InChI is InChI=1S/C18H35N/c1-4-6-16-7-5-8-17(12-10-16)19-18-11-9-14(2)15(3)13-18/h14-19H,4-13H2,1-3H3. The van der Waals surface area contributed by atoms with Crippen LogP contribution in [0.25, 0.3) is 0 Å². The predicted molar refractivity (Wildman–Crippen MR) is 84.4 cm³/mol. The Morgan fingerprint density at radius 3 is 2.37 bits per heavy atom. The highest BCUT2D eigenvalue weighted by atomic mass is 15.0. The van der Waals surface area contributed by atoms with Crippen molar-refractivity contribution in [1.29, 1.82) is 0 Å². The Balaban J connectivity index is 1.74. The van der Waals surface area contributed by atoms with E-state index >= 15 is 0 Å². The van der Waals surface area contributed by atoms with Crippen LogP contribution in [0.4, 0.5) is 0 Å². The van der Waals surface area contributed by atoms with Gasteiger partial charge in [-0.25, -0.2) is 0 Å². The molecule has 19 heavy (non-hydrogen) atoms. The smallest absolute Gasteiger partial charge is 0.00723 e. The van der Waals surface area contributed by atoms with Crippen LogP contribution >= 0.6 is 0 Å². The van der Waals surface area contributed by atoms with Crippen molar-refractivity contribution in [3.05, 3.63) is 0 Å². The van der Waals surface area contributed by atoms with E-state index in [-0.39, 0.29) is 0 Å². The third-order valence-corrected chi connectivity index (χ3v) is 5.85. The van der Waals surface area contributed by atoms with Crippen LogP contribution in [-0.2, 0) is 0 Å². The normalized spacial score (nSPS) is 40.9. The van der Waals surface area contributed by atoms with Gasteiger partial charge in [0, 0.05) is 12.1 Å². The molecule has 0 saturated heterocycles. The first-order chi connectivity index (χ1) is 9.19. The minimum atomic E-state index is 0.818. The third kappa shape index (κ3) is 4.77. The van der Waals surface area contributed by atoms with E-state index in [1.807, 2.05) is 0 Å². The van der Waals surface area contributed by atoms with Crippen LogP contribution in [0.2, 0.25) is 0 Å². The second-order valence-electron chi connectivity index (χ2n) is 7.49. The molecule has 0 radical (unpaired) electrons. The zero-order chi connectivity index (χ0) is 13.7. The Morgan fingerprint density at radius 1 is 0.842 bits per heavy atom. The molecule has 0 aromatic rings. The fraction of sp³-hybridized carbons (Fsp3) is 1.00. The molecule has 0 heterocycles. The summed E-state index contributed by atoms with van der Waals surface area (Å²) in [4.78, 5) is 0. The molecule has 5 atom stereocenters. The van der Waals surface area contributed by atoms with Gasteiger partial charge in [-0.15, -0.1) is 0 Å². The first-order valence-corrected chi connectivity index (χ1v) is 8.95. The number of hydrogen-bond donors (Lipinski definition) is 1. The van der Waals surface area contributed by atoms with Gasteiger partial charge in [0.15, 0.2) is 0 Å². The molecule has 2 aliphatic carbocycles. The van der Waals surface area contributed by atoms with E-state index in [4.69, 9.17) is 0 Å². The first kappa shape index (κ1) is 15.4. The van der Waals surface area contributed by atoms with Crippen LogP contribution in [0.3, 0.4) is 0 Å². The highest BCUT2D eigenvalue weighted by molar-refractivity contribution is 4.84. The topological polar surface area (TPSA) is 12.0 Å². The largest absolute Gasteiger partial charge is 0.311 e. The predicted octanol–water partition coefficient (Wildman–Crippen LogP) is 5.15. The lowest BCUT2D eigenvalue weighted by atomic mass is 9.79.